The molecule has 2 aliphatic rings. The monoisotopic (exact) mass is 683 g/mol. The molecule has 3 heterocycles. The van der Waals surface area contributed by atoms with Gasteiger partial charge in [0, 0.05) is 24.2 Å². The van der Waals surface area contributed by atoms with Gasteiger partial charge in [-0.2, -0.15) is 4.31 Å². The molecule has 2 unspecified atom stereocenters. The van der Waals surface area contributed by atoms with Crippen LogP contribution in [0.5, 0.6) is 0 Å². The summed E-state index contributed by atoms with van der Waals surface area (Å²) in [6.45, 7) is -1.77. The van der Waals surface area contributed by atoms with Crippen LogP contribution in [-0.2, 0) is 32.0 Å². The number of aliphatic hydroxyl groups is 5. The van der Waals surface area contributed by atoms with Gasteiger partial charge in [0.15, 0.2) is 6.23 Å². The van der Waals surface area contributed by atoms with Crippen molar-refractivity contribution in [3.8, 4) is 0 Å². The zero-order valence-electron chi connectivity index (χ0n) is 21.1. The number of hydrogen-bond acceptors (Lipinski definition) is 15. The van der Waals surface area contributed by atoms with Crippen LogP contribution in [-0.4, -0.2) is 117 Å². The Kier molecular flexibility index (Phi) is 12.1. The number of H-pyrrole nitrogens is 1. The standard InChI is InChI=1S/C19H28ClN3O16P2S/c20-4-1-2-10(25)21-12-15(29)14(28)9(6-24)42-18(12)38-41(34,35)39-40(32,33)36-7-8-13(27)16(30)17(37-8)23-5-3-11(26)22-19(23)31/h1-3,5,8-9,12-18,24,27-30H,4,6-7H2,(H,21,25)(H,32,33)(H,34,35)(H,22,26,31)/t8-,9-,12-,13-,14-,15-,16-,17-,18+/m1/s1. The fourth-order valence-corrected chi connectivity index (χ4v) is 7.77. The SMILES string of the molecule is O=C(C=CCCl)N[C@@H]1[C@@H](O)[C@H](O)[C@@H](CO)S[C@@H]1OP(=O)(O)OP(=O)(O)OC[C@H]1O[C@@H](n2ccc(=O)[nH]c2=O)[C@H](O)[C@@H]1O. The number of nitrogens with one attached hydrogen (secondary N) is 2. The topological polar surface area (TPSA) is 297 Å². The molecule has 2 saturated heterocycles. The van der Waals surface area contributed by atoms with Crippen molar-refractivity contribution in [2.45, 2.75) is 53.5 Å². The second kappa shape index (κ2) is 14.6. The van der Waals surface area contributed by atoms with Crippen molar-refractivity contribution in [3.63, 3.8) is 0 Å². The number of carbonyl (C=O) groups excluding carboxylic acids is 1. The molecule has 238 valence electrons. The Hall–Kier alpha value is -1.45. The number of hydrogen-bond donors (Lipinski definition) is 9. The third kappa shape index (κ3) is 8.81. The smallest absolute Gasteiger partial charge is 0.395 e. The van der Waals surface area contributed by atoms with Gasteiger partial charge in [-0.25, -0.2) is 13.9 Å². The Bertz CT molecular complexity index is 1350. The number of phosphoric acid groups is 2. The summed E-state index contributed by atoms with van der Waals surface area (Å²) in [5.41, 5.74) is -3.48. The van der Waals surface area contributed by atoms with E-state index in [0.29, 0.717) is 11.8 Å². The molecule has 3 rings (SSSR count). The number of carbonyl (C=O) groups is 1. The van der Waals surface area contributed by atoms with Gasteiger partial charge in [-0.15, -0.1) is 23.4 Å². The maximum Gasteiger partial charge on any atom is 0.482 e. The molecule has 0 saturated carbocycles. The van der Waals surface area contributed by atoms with E-state index in [1.807, 2.05) is 4.98 Å². The predicted molar refractivity (Wildman–Crippen MR) is 141 cm³/mol. The molecule has 19 nitrogen and oxygen atoms in total. The molecule has 0 spiro atoms. The number of phosphoric ester groups is 2. The summed E-state index contributed by atoms with van der Waals surface area (Å²) >= 11 is 5.97. The Morgan fingerprint density at radius 1 is 1.14 bits per heavy atom. The summed E-state index contributed by atoms with van der Waals surface area (Å²) in [6, 6.07) is -0.665. The molecule has 1 aromatic heterocycles. The average molecular weight is 684 g/mol. The third-order valence-corrected chi connectivity index (χ3v) is 10.2. The Balaban J connectivity index is 1.67. The van der Waals surface area contributed by atoms with E-state index in [0.717, 1.165) is 22.9 Å². The van der Waals surface area contributed by atoms with Crippen LogP contribution < -0.4 is 16.6 Å². The second-order valence-corrected chi connectivity index (χ2v) is 13.4. The van der Waals surface area contributed by atoms with Gasteiger partial charge in [0.25, 0.3) is 5.56 Å². The fraction of sp³-hybridized carbons (Fsp3) is 0.632. The molecule has 1 amide bonds. The largest absolute Gasteiger partial charge is 0.482 e. The number of nitrogens with zero attached hydrogens (tertiary/aromatic N) is 1. The lowest BCUT2D eigenvalue weighted by Gasteiger charge is -2.41. The van der Waals surface area contributed by atoms with E-state index >= 15 is 0 Å². The number of aromatic amines is 1. The molecule has 0 aliphatic carbocycles. The highest BCUT2D eigenvalue weighted by Crippen LogP contribution is 2.62. The Labute approximate surface area is 244 Å². The first-order valence-corrected chi connectivity index (χ1v) is 16.2. The van der Waals surface area contributed by atoms with E-state index < -0.39 is 99.5 Å². The number of aromatic nitrogens is 2. The predicted octanol–water partition coefficient (Wildman–Crippen LogP) is -3.16. The van der Waals surface area contributed by atoms with Gasteiger partial charge in [0.05, 0.1) is 30.6 Å². The summed E-state index contributed by atoms with van der Waals surface area (Å²) in [5, 5.41) is 51.7. The van der Waals surface area contributed by atoms with Crippen LogP contribution >= 0.6 is 39.0 Å². The van der Waals surface area contributed by atoms with Crippen molar-refractivity contribution < 1.29 is 67.3 Å². The number of halogens is 1. The van der Waals surface area contributed by atoms with Crippen molar-refractivity contribution in [1.29, 1.82) is 0 Å². The van der Waals surface area contributed by atoms with E-state index in [-0.39, 0.29) is 5.88 Å². The highest BCUT2D eigenvalue weighted by molar-refractivity contribution is 8.00. The number of aliphatic hydroxyl groups excluding tert-OH is 5. The highest BCUT2D eigenvalue weighted by Gasteiger charge is 2.50. The molecular weight excluding hydrogens is 656 g/mol. The van der Waals surface area contributed by atoms with Crippen molar-refractivity contribution in [2.24, 2.45) is 0 Å². The number of ether oxygens (including phenoxy) is 1. The van der Waals surface area contributed by atoms with Crippen LogP contribution in [0, 0.1) is 0 Å². The van der Waals surface area contributed by atoms with Gasteiger partial charge in [0.2, 0.25) is 5.91 Å². The van der Waals surface area contributed by atoms with Crippen molar-refractivity contribution in [3.05, 3.63) is 45.3 Å². The van der Waals surface area contributed by atoms with Crippen LogP contribution in [0.2, 0.25) is 0 Å². The molecule has 0 radical (unpaired) electrons. The third-order valence-electron chi connectivity index (χ3n) is 5.86. The van der Waals surface area contributed by atoms with E-state index in [9.17, 15) is 58.8 Å². The summed E-state index contributed by atoms with van der Waals surface area (Å²) in [7, 11) is -11.1. The zero-order valence-corrected chi connectivity index (χ0v) is 24.4. The molecule has 2 aliphatic heterocycles. The first-order chi connectivity index (χ1) is 19.6. The van der Waals surface area contributed by atoms with E-state index in [4.69, 9.17) is 20.9 Å². The number of thioether (sulfide) groups is 1. The lowest BCUT2D eigenvalue weighted by Crippen LogP contribution is -2.60. The number of alkyl halides is 1. The molecule has 9 N–H and O–H groups in total. The van der Waals surface area contributed by atoms with Crippen LogP contribution in [0.15, 0.2) is 34.0 Å². The van der Waals surface area contributed by atoms with Crippen molar-refractivity contribution in [2.75, 3.05) is 19.1 Å². The molecule has 42 heavy (non-hydrogen) atoms. The summed E-state index contributed by atoms with van der Waals surface area (Å²) in [4.78, 5) is 57.5. The van der Waals surface area contributed by atoms with Gasteiger partial charge in [-0.1, -0.05) is 6.08 Å². The van der Waals surface area contributed by atoms with Crippen LogP contribution in [0.25, 0.3) is 0 Å². The minimum atomic E-state index is -5.58. The van der Waals surface area contributed by atoms with Crippen LogP contribution in [0.1, 0.15) is 6.23 Å². The van der Waals surface area contributed by atoms with Crippen molar-refractivity contribution >= 4 is 44.9 Å². The van der Waals surface area contributed by atoms with Gasteiger partial charge in [0.1, 0.15) is 29.9 Å². The fourth-order valence-electron chi connectivity index (χ4n) is 3.89. The van der Waals surface area contributed by atoms with Crippen LogP contribution in [0.3, 0.4) is 0 Å². The van der Waals surface area contributed by atoms with Gasteiger partial charge < -0.3 is 45.4 Å². The first kappa shape index (κ1) is 35.0. The molecule has 1 aromatic rings. The van der Waals surface area contributed by atoms with E-state index in [2.05, 4.69) is 14.2 Å². The van der Waals surface area contributed by atoms with Crippen LogP contribution in [0.4, 0.5) is 0 Å². The minimum absolute atomic E-state index is 0.0514. The average Bonchev–Trinajstić information content (AvgIpc) is 3.18. The molecule has 2 fully saturated rings. The zero-order chi connectivity index (χ0) is 31.4. The number of amides is 1. The number of allylic oxidation sites excluding steroid dienone is 1. The van der Waals surface area contributed by atoms with Gasteiger partial charge >= 0.3 is 21.3 Å². The maximum atomic E-state index is 12.6. The Morgan fingerprint density at radius 3 is 2.45 bits per heavy atom. The lowest BCUT2D eigenvalue weighted by molar-refractivity contribution is -0.120. The minimum Gasteiger partial charge on any atom is -0.395 e. The first-order valence-electron chi connectivity index (χ1n) is 11.8. The van der Waals surface area contributed by atoms with Gasteiger partial charge in [-0.05, 0) is 0 Å². The van der Waals surface area contributed by atoms with Gasteiger partial charge in [-0.3, -0.25) is 28.2 Å². The van der Waals surface area contributed by atoms with Crippen molar-refractivity contribution in [1.82, 2.24) is 14.9 Å². The quantitative estimate of drug-likeness (QED) is 0.0596. The second-order valence-electron chi connectivity index (χ2n) is 8.78. The lowest BCUT2D eigenvalue weighted by atomic mass is 10.0. The summed E-state index contributed by atoms with van der Waals surface area (Å²) in [6.07, 6.45) is -7.02. The van der Waals surface area contributed by atoms with E-state index in [1.165, 1.54) is 6.08 Å². The maximum absolute atomic E-state index is 12.6. The normalized spacial score (nSPS) is 34.6. The number of rotatable bonds is 12. The molecule has 0 aromatic carbocycles. The Morgan fingerprint density at radius 2 is 1.83 bits per heavy atom. The molecule has 0 bridgehead atoms. The molecular formula is C19H28ClN3O16P2S. The summed E-state index contributed by atoms with van der Waals surface area (Å²) < 4.78 is 44.9. The molecule has 11 atom stereocenters. The highest BCUT2D eigenvalue weighted by atomic mass is 35.5. The van der Waals surface area contributed by atoms with E-state index in [1.54, 1.807) is 0 Å². The molecule has 23 heteroatoms. The summed E-state index contributed by atoms with van der Waals surface area (Å²) in [5.74, 6) is -0.905.